The lowest BCUT2D eigenvalue weighted by atomic mass is 9.89. The van der Waals surface area contributed by atoms with Crippen molar-refractivity contribution in [1.29, 1.82) is 0 Å². The highest BCUT2D eigenvalue weighted by molar-refractivity contribution is 7.90. The van der Waals surface area contributed by atoms with E-state index >= 15 is 0 Å². The van der Waals surface area contributed by atoms with Gasteiger partial charge in [0, 0.05) is 13.7 Å². The average molecular weight is 219 g/mol. The number of hydrogen-bond donors (Lipinski definition) is 0. The van der Waals surface area contributed by atoms with Crippen molar-refractivity contribution in [3.63, 3.8) is 0 Å². The highest BCUT2D eigenvalue weighted by atomic mass is 32.2. The first-order valence-electron chi connectivity index (χ1n) is 4.57. The molecule has 1 unspecified atom stereocenters. The first kappa shape index (κ1) is 10.1. The highest BCUT2D eigenvalue weighted by Gasteiger charge is 2.55. The quantitative estimate of drug-likeness (QED) is 0.544. The Bertz CT molecular complexity index is 356. The lowest BCUT2D eigenvalue weighted by Gasteiger charge is -2.35. The fraction of sp³-hybridized carbons (Fsp3) is 0.875. The van der Waals surface area contributed by atoms with Crippen molar-refractivity contribution < 1.29 is 17.9 Å². The Kier molecular flexibility index (Phi) is 2.17. The minimum absolute atomic E-state index is 0.210. The molecular formula is C8H13NO4S. The van der Waals surface area contributed by atoms with Crippen LogP contribution in [0.15, 0.2) is 0 Å². The molecule has 0 N–H and O–H groups in total. The van der Waals surface area contributed by atoms with Crippen LogP contribution in [-0.4, -0.2) is 50.1 Å². The second-order valence-corrected chi connectivity index (χ2v) is 5.83. The summed E-state index contributed by atoms with van der Waals surface area (Å²) in [6.45, 7) is 0.824. The number of sulfonamides is 1. The summed E-state index contributed by atoms with van der Waals surface area (Å²) in [4.78, 5) is 11.7. The summed E-state index contributed by atoms with van der Waals surface area (Å²) in [5, 5.41) is 0. The molecule has 1 spiro atoms. The molecule has 2 aliphatic rings. The van der Waals surface area contributed by atoms with Gasteiger partial charge in [-0.15, -0.1) is 0 Å². The molecule has 14 heavy (non-hydrogen) atoms. The van der Waals surface area contributed by atoms with Gasteiger partial charge in [0.15, 0.2) is 5.78 Å². The second kappa shape index (κ2) is 3.01. The minimum Gasteiger partial charge on any atom is -0.379 e. The van der Waals surface area contributed by atoms with Gasteiger partial charge in [-0.25, -0.2) is 8.42 Å². The molecular weight excluding hydrogens is 206 g/mol. The van der Waals surface area contributed by atoms with Crippen LogP contribution in [0.25, 0.3) is 0 Å². The van der Waals surface area contributed by atoms with Crippen LogP contribution in [-0.2, 0) is 19.6 Å². The maximum absolute atomic E-state index is 11.7. The van der Waals surface area contributed by atoms with E-state index in [0.717, 1.165) is 6.42 Å². The van der Waals surface area contributed by atoms with Crippen molar-refractivity contribution in [2.24, 2.45) is 0 Å². The summed E-state index contributed by atoms with van der Waals surface area (Å²) in [5.41, 5.74) is -0.892. The molecule has 0 amide bonds. The standard InChI is InChI=1S/C8H13NO4S/c1-9-8(3-2-4-13-6-8)7(10)5-14(9,11)12/h2-6H2,1H3. The predicted molar refractivity (Wildman–Crippen MR) is 49.3 cm³/mol. The van der Waals surface area contributed by atoms with Gasteiger partial charge in [-0.1, -0.05) is 0 Å². The Morgan fingerprint density at radius 2 is 2.21 bits per heavy atom. The van der Waals surface area contributed by atoms with Gasteiger partial charge in [0.2, 0.25) is 10.0 Å². The van der Waals surface area contributed by atoms with Crippen molar-refractivity contribution in [3.8, 4) is 0 Å². The van der Waals surface area contributed by atoms with Gasteiger partial charge < -0.3 is 4.74 Å². The summed E-state index contributed by atoms with van der Waals surface area (Å²) >= 11 is 0. The van der Waals surface area contributed by atoms with Crippen LogP contribution < -0.4 is 0 Å². The van der Waals surface area contributed by atoms with Crippen LogP contribution in [0.1, 0.15) is 12.8 Å². The molecule has 6 heteroatoms. The van der Waals surface area contributed by atoms with Gasteiger partial charge in [-0.3, -0.25) is 4.79 Å². The highest BCUT2D eigenvalue weighted by Crippen LogP contribution is 2.34. The van der Waals surface area contributed by atoms with Crippen molar-refractivity contribution in [2.45, 2.75) is 18.4 Å². The molecule has 2 saturated heterocycles. The molecule has 0 bridgehead atoms. The van der Waals surface area contributed by atoms with Crippen LogP contribution in [0.4, 0.5) is 0 Å². The summed E-state index contributed by atoms with van der Waals surface area (Å²) in [6, 6.07) is 0. The molecule has 0 aliphatic carbocycles. The SMILES string of the molecule is CN1C2(CCCOC2)C(=O)CS1(=O)=O. The normalized spacial score (nSPS) is 37.9. The molecule has 80 valence electrons. The molecule has 0 aromatic rings. The van der Waals surface area contributed by atoms with E-state index in [1.807, 2.05) is 0 Å². The summed E-state index contributed by atoms with van der Waals surface area (Å²) in [7, 11) is -1.91. The van der Waals surface area contributed by atoms with Crippen LogP contribution in [0.2, 0.25) is 0 Å². The average Bonchev–Trinajstić information content (AvgIpc) is 2.30. The van der Waals surface area contributed by atoms with Gasteiger partial charge in [0.25, 0.3) is 0 Å². The summed E-state index contributed by atoms with van der Waals surface area (Å²) < 4.78 is 29.4. The third-order valence-electron chi connectivity index (χ3n) is 3.07. The Morgan fingerprint density at radius 3 is 2.64 bits per heavy atom. The fourth-order valence-corrected chi connectivity index (χ4v) is 3.66. The van der Waals surface area contributed by atoms with E-state index in [-0.39, 0.29) is 18.1 Å². The van der Waals surface area contributed by atoms with Crippen LogP contribution in [0.5, 0.6) is 0 Å². The number of ether oxygens (including phenoxy) is 1. The monoisotopic (exact) mass is 219 g/mol. The van der Waals surface area contributed by atoms with Crippen molar-refractivity contribution in [1.82, 2.24) is 4.31 Å². The number of likely N-dealkylation sites (N-methyl/N-ethyl adjacent to an activating group) is 1. The van der Waals surface area contributed by atoms with Crippen molar-refractivity contribution in [2.75, 3.05) is 26.0 Å². The Morgan fingerprint density at radius 1 is 1.50 bits per heavy atom. The van der Waals surface area contributed by atoms with Gasteiger partial charge in [-0.2, -0.15) is 4.31 Å². The second-order valence-electron chi connectivity index (χ2n) is 3.83. The van der Waals surface area contributed by atoms with Gasteiger partial charge in [0.1, 0.15) is 11.3 Å². The lowest BCUT2D eigenvalue weighted by molar-refractivity contribution is -0.130. The van der Waals surface area contributed by atoms with E-state index in [0.29, 0.717) is 13.0 Å². The van der Waals surface area contributed by atoms with Crippen LogP contribution >= 0.6 is 0 Å². The molecule has 2 heterocycles. The Hall–Kier alpha value is -0.460. The maximum Gasteiger partial charge on any atom is 0.222 e. The first-order chi connectivity index (χ1) is 6.49. The molecule has 0 saturated carbocycles. The molecule has 0 aromatic heterocycles. The molecule has 0 aromatic carbocycles. The van der Waals surface area contributed by atoms with E-state index < -0.39 is 15.6 Å². The number of hydrogen-bond acceptors (Lipinski definition) is 4. The van der Waals surface area contributed by atoms with Gasteiger partial charge in [0.05, 0.1) is 6.61 Å². The zero-order valence-corrected chi connectivity index (χ0v) is 8.84. The van der Waals surface area contributed by atoms with E-state index in [2.05, 4.69) is 0 Å². The molecule has 2 rings (SSSR count). The van der Waals surface area contributed by atoms with E-state index in [1.165, 1.54) is 11.4 Å². The number of ketones is 1. The molecule has 2 fully saturated rings. The van der Waals surface area contributed by atoms with E-state index in [4.69, 9.17) is 4.74 Å². The van der Waals surface area contributed by atoms with Crippen LogP contribution in [0.3, 0.4) is 0 Å². The van der Waals surface area contributed by atoms with Gasteiger partial charge >= 0.3 is 0 Å². The van der Waals surface area contributed by atoms with E-state index in [9.17, 15) is 13.2 Å². The minimum atomic E-state index is -3.38. The summed E-state index contributed by atoms with van der Waals surface area (Å²) in [5.74, 6) is -0.591. The number of carbonyl (C=O) groups excluding carboxylic acids is 1. The van der Waals surface area contributed by atoms with Crippen LogP contribution in [0, 0.1) is 0 Å². The van der Waals surface area contributed by atoms with Crippen molar-refractivity contribution in [3.05, 3.63) is 0 Å². The maximum atomic E-state index is 11.7. The number of Topliss-reactive ketones (excluding diaryl/α,β-unsaturated/α-hetero) is 1. The third-order valence-corrected chi connectivity index (χ3v) is 4.88. The Labute approximate surface area is 83.1 Å². The molecule has 5 nitrogen and oxygen atoms in total. The van der Waals surface area contributed by atoms with Gasteiger partial charge in [-0.05, 0) is 12.8 Å². The molecule has 2 aliphatic heterocycles. The Balaban J connectivity index is 2.39. The fourth-order valence-electron chi connectivity index (χ4n) is 2.09. The zero-order chi connectivity index (χ0) is 10.4. The number of rotatable bonds is 0. The topological polar surface area (TPSA) is 63.7 Å². The smallest absolute Gasteiger partial charge is 0.222 e. The van der Waals surface area contributed by atoms with Crippen molar-refractivity contribution >= 4 is 15.8 Å². The number of nitrogens with zero attached hydrogens (tertiary/aromatic N) is 1. The number of carbonyl (C=O) groups is 1. The largest absolute Gasteiger partial charge is 0.379 e. The molecule has 0 radical (unpaired) electrons. The third kappa shape index (κ3) is 1.21. The lowest BCUT2D eigenvalue weighted by Crippen LogP contribution is -2.53. The first-order valence-corrected chi connectivity index (χ1v) is 6.18. The summed E-state index contributed by atoms with van der Waals surface area (Å²) in [6.07, 6.45) is 1.33. The zero-order valence-electron chi connectivity index (χ0n) is 8.02. The molecule has 1 atom stereocenters. The van der Waals surface area contributed by atoms with E-state index in [1.54, 1.807) is 0 Å². The predicted octanol–water partition coefficient (Wildman–Crippen LogP) is -0.620.